The van der Waals surface area contributed by atoms with Gasteiger partial charge in [-0.2, -0.15) is 0 Å². The Bertz CT molecular complexity index is 293. The van der Waals surface area contributed by atoms with Crippen molar-refractivity contribution in [1.29, 1.82) is 0 Å². The van der Waals surface area contributed by atoms with E-state index in [1.54, 1.807) is 0 Å². The van der Waals surface area contributed by atoms with Crippen LogP contribution in [0.4, 0.5) is 0 Å². The van der Waals surface area contributed by atoms with Gasteiger partial charge in [0.1, 0.15) is 0 Å². The summed E-state index contributed by atoms with van der Waals surface area (Å²) in [4.78, 5) is 7.16. The number of nitrogens with one attached hydrogen (secondary N) is 2. The Morgan fingerprint density at radius 1 is 1.39 bits per heavy atom. The van der Waals surface area contributed by atoms with Crippen molar-refractivity contribution in [2.45, 2.75) is 39.2 Å². The third kappa shape index (κ3) is 4.97. The van der Waals surface area contributed by atoms with E-state index < -0.39 is 0 Å². The van der Waals surface area contributed by atoms with Crippen molar-refractivity contribution < 1.29 is 0 Å². The number of likely N-dealkylation sites (N-methyl/N-ethyl adjacent to an activating group) is 1. The Morgan fingerprint density at radius 2 is 2.22 bits per heavy atom. The number of rotatable bonds is 5. The second kappa shape index (κ2) is 8.82. The van der Waals surface area contributed by atoms with Crippen molar-refractivity contribution in [3.05, 3.63) is 0 Å². The molecule has 0 saturated carbocycles. The number of nitrogens with zero attached hydrogens (tertiary/aromatic N) is 2. The van der Waals surface area contributed by atoms with Gasteiger partial charge in [-0.25, -0.2) is 0 Å². The zero-order valence-corrected chi connectivity index (χ0v) is 11.7. The zero-order chi connectivity index (χ0) is 13.2. The van der Waals surface area contributed by atoms with Crippen LogP contribution in [0.5, 0.6) is 0 Å². The van der Waals surface area contributed by atoms with Crippen LogP contribution >= 0.6 is 0 Å². The van der Waals surface area contributed by atoms with Crippen molar-refractivity contribution in [2.75, 3.05) is 32.7 Å². The summed E-state index contributed by atoms with van der Waals surface area (Å²) >= 11 is 0. The highest BCUT2D eigenvalue weighted by atomic mass is 15.2. The molecule has 0 aliphatic carbocycles. The largest absolute Gasteiger partial charge is 0.357 e. The molecule has 1 fully saturated rings. The highest BCUT2D eigenvalue weighted by molar-refractivity contribution is 5.79. The van der Waals surface area contributed by atoms with Gasteiger partial charge >= 0.3 is 0 Å². The molecule has 0 amide bonds. The molecule has 4 nitrogen and oxygen atoms in total. The van der Waals surface area contributed by atoms with Gasteiger partial charge in [-0.1, -0.05) is 19.3 Å². The molecule has 1 heterocycles. The lowest BCUT2D eigenvalue weighted by Gasteiger charge is -2.33. The first-order valence-corrected chi connectivity index (χ1v) is 7.01. The second-order valence-corrected chi connectivity index (χ2v) is 4.56. The van der Waals surface area contributed by atoms with Crippen molar-refractivity contribution in [3.63, 3.8) is 0 Å². The predicted molar refractivity (Wildman–Crippen MR) is 77.7 cm³/mol. The Hall–Kier alpha value is -1.21. The summed E-state index contributed by atoms with van der Waals surface area (Å²) in [6, 6.07) is 0.588. The van der Waals surface area contributed by atoms with E-state index in [0.29, 0.717) is 12.6 Å². The average Bonchev–Trinajstić information content (AvgIpc) is 2.42. The number of terminal acetylenes is 1. The maximum Gasteiger partial charge on any atom is 0.192 e. The summed E-state index contributed by atoms with van der Waals surface area (Å²) < 4.78 is 0. The van der Waals surface area contributed by atoms with E-state index in [9.17, 15) is 0 Å². The monoisotopic (exact) mass is 250 g/mol. The van der Waals surface area contributed by atoms with Crippen LogP contribution < -0.4 is 10.6 Å². The third-order valence-corrected chi connectivity index (χ3v) is 3.32. The van der Waals surface area contributed by atoms with E-state index in [0.717, 1.165) is 25.6 Å². The topological polar surface area (TPSA) is 39.7 Å². The molecule has 102 valence electrons. The van der Waals surface area contributed by atoms with Crippen LogP contribution in [0.25, 0.3) is 0 Å². The van der Waals surface area contributed by atoms with Gasteiger partial charge in [0.05, 0.1) is 13.1 Å². The molecule has 1 aliphatic heterocycles. The number of piperidine rings is 1. The Morgan fingerprint density at radius 3 is 2.89 bits per heavy atom. The van der Waals surface area contributed by atoms with E-state index in [1.807, 2.05) is 0 Å². The molecule has 1 aliphatic rings. The first kappa shape index (κ1) is 14.8. The summed E-state index contributed by atoms with van der Waals surface area (Å²) in [6.45, 7) is 8.86. The normalized spacial score (nSPS) is 21.4. The lowest BCUT2D eigenvalue weighted by molar-refractivity contribution is 0.161. The highest BCUT2D eigenvalue weighted by Crippen LogP contribution is 2.16. The molecule has 2 N–H and O–H groups in total. The van der Waals surface area contributed by atoms with Crippen LogP contribution in [-0.4, -0.2) is 49.6 Å². The van der Waals surface area contributed by atoms with Crippen molar-refractivity contribution in [3.8, 4) is 12.3 Å². The molecule has 1 atom stereocenters. The van der Waals surface area contributed by atoms with Crippen molar-refractivity contribution >= 4 is 5.96 Å². The molecule has 0 spiro atoms. The average molecular weight is 250 g/mol. The molecule has 0 aromatic rings. The first-order chi connectivity index (χ1) is 8.81. The maximum absolute atomic E-state index is 5.25. The molecule has 1 saturated heterocycles. The van der Waals surface area contributed by atoms with Gasteiger partial charge in [-0.05, 0) is 32.9 Å². The van der Waals surface area contributed by atoms with E-state index in [4.69, 9.17) is 6.42 Å². The fraction of sp³-hybridized carbons (Fsp3) is 0.786. The van der Waals surface area contributed by atoms with Gasteiger partial charge in [0, 0.05) is 12.6 Å². The van der Waals surface area contributed by atoms with E-state index in [1.165, 1.54) is 25.8 Å². The smallest absolute Gasteiger partial charge is 0.192 e. The lowest BCUT2D eigenvalue weighted by Crippen LogP contribution is -2.43. The number of guanidine groups is 1. The Kier molecular flexibility index (Phi) is 7.28. The molecule has 1 unspecified atom stereocenters. The minimum atomic E-state index is 0.522. The minimum absolute atomic E-state index is 0.522. The molecule has 0 bridgehead atoms. The van der Waals surface area contributed by atoms with Crippen molar-refractivity contribution in [1.82, 2.24) is 15.5 Å². The van der Waals surface area contributed by atoms with Crippen LogP contribution in [0.1, 0.15) is 33.1 Å². The summed E-state index contributed by atoms with van der Waals surface area (Å²) in [7, 11) is 0. The van der Waals surface area contributed by atoms with Crippen LogP contribution in [0.15, 0.2) is 4.99 Å². The van der Waals surface area contributed by atoms with E-state index in [-0.39, 0.29) is 0 Å². The fourth-order valence-corrected chi connectivity index (χ4v) is 2.36. The Balaban J connectivity index is 2.48. The Labute approximate surface area is 111 Å². The van der Waals surface area contributed by atoms with Gasteiger partial charge < -0.3 is 10.6 Å². The van der Waals surface area contributed by atoms with Gasteiger partial charge in [-0.3, -0.25) is 9.89 Å². The van der Waals surface area contributed by atoms with Crippen LogP contribution in [0.2, 0.25) is 0 Å². The van der Waals surface area contributed by atoms with Crippen LogP contribution in [0.3, 0.4) is 0 Å². The zero-order valence-electron chi connectivity index (χ0n) is 11.7. The standard InChI is InChI=1S/C14H26N4/c1-4-10-16-14(15-5-2)17-12-13-9-7-8-11-18(13)6-3/h1,13H,5-12H2,2-3H3,(H2,15,16,17). The van der Waals surface area contributed by atoms with Gasteiger partial charge in [0.2, 0.25) is 0 Å². The number of likely N-dealkylation sites (tertiary alicyclic amines) is 1. The van der Waals surface area contributed by atoms with Gasteiger partial charge in [0.15, 0.2) is 5.96 Å². The molecule has 0 aromatic carbocycles. The van der Waals surface area contributed by atoms with Gasteiger partial charge in [-0.15, -0.1) is 6.42 Å². The predicted octanol–water partition coefficient (Wildman–Crippen LogP) is 1.05. The van der Waals surface area contributed by atoms with Gasteiger partial charge in [0.25, 0.3) is 0 Å². The maximum atomic E-state index is 5.25. The number of hydrogen-bond acceptors (Lipinski definition) is 2. The van der Waals surface area contributed by atoms with E-state index in [2.05, 4.69) is 40.3 Å². The molecular weight excluding hydrogens is 224 g/mol. The first-order valence-electron chi connectivity index (χ1n) is 7.01. The highest BCUT2D eigenvalue weighted by Gasteiger charge is 2.20. The molecule has 4 heteroatoms. The summed E-state index contributed by atoms with van der Waals surface area (Å²) in [5, 5.41) is 6.34. The lowest BCUT2D eigenvalue weighted by atomic mass is 10.0. The van der Waals surface area contributed by atoms with Crippen LogP contribution in [0, 0.1) is 12.3 Å². The molecule has 0 aromatic heterocycles. The fourth-order valence-electron chi connectivity index (χ4n) is 2.36. The third-order valence-electron chi connectivity index (χ3n) is 3.32. The SMILES string of the molecule is C#CCNC(=NCC1CCCCN1CC)NCC. The molecule has 1 rings (SSSR count). The summed E-state index contributed by atoms with van der Waals surface area (Å²) in [5.41, 5.74) is 0. The van der Waals surface area contributed by atoms with E-state index >= 15 is 0 Å². The molecule has 0 radical (unpaired) electrons. The quantitative estimate of drug-likeness (QED) is 0.435. The molecule has 18 heavy (non-hydrogen) atoms. The summed E-state index contributed by atoms with van der Waals surface area (Å²) in [5.74, 6) is 3.40. The number of aliphatic imine (C=N–C) groups is 1. The summed E-state index contributed by atoms with van der Waals surface area (Å²) in [6.07, 6.45) is 9.16. The van der Waals surface area contributed by atoms with Crippen LogP contribution in [-0.2, 0) is 0 Å². The minimum Gasteiger partial charge on any atom is -0.357 e. The molecular formula is C14H26N4. The number of hydrogen-bond donors (Lipinski definition) is 2. The second-order valence-electron chi connectivity index (χ2n) is 4.56. The van der Waals surface area contributed by atoms with Crippen molar-refractivity contribution in [2.24, 2.45) is 4.99 Å².